The van der Waals surface area contributed by atoms with E-state index in [0.29, 0.717) is 0 Å². The number of benzene rings is 1. The zero-order chi connectivity index (χ0) is 15.2. The molecule has 1 rings (SSSR count). The molecule has 1 aromatic carbocycles. The van der Waals surface area contributed by atoms with Gasteiger partial charge in [-0.05, 0) is 45.7 Å². The molecule has 0 saturated carbocycles. The third-order valence-corrected chi connectivity index (χ3v) is 3.57. The van der Waals surface area contributed by atoms with Crippen molar-refractivity contribution in [3.8, 4) is 0 Å². The largest absolute Gasteiger partial charge is 0.371 e. The molecule has 0 bridgehead atoms. The summed E-state index contributed by atoms with van der Waals surface area (Å²) in [6.07, 6.45) is 2.30. The summed E-state index contributed by atoms with van der Waals surface area (Å²) in [5.41, 5.74) is 2.58. The van der Waals surface area contributed by atoms with Crippen LogP contribution in [0.25, 0.3) is 0 Å². The van der Waals surface area contributed by atoms with E-state index in [2.05, 4.69) is 57.0 Å². The number of nitrogens with one attached hydrogen (secondary N) is 1. The summed E-state index contributed by atoms with van der Waals surface area (Å²) in [5.74, 6) is 0. The van der Waals surface area contributed by atoms with Crippen molar-refractivity contribution in [2.24, 2.45) is 0 Å². The number of hydrogen-bond donors (Lipinski definition) is 1. The molecule has 0 fully saturated rings. The highest BCUT2D eigenvalue weighted by molar-refractivity contribution is 6.31. The Morgan fingerprint density at radius 3 is 2.20 bits per heavy atom. The summed E-state index contributed by atoms with van der Waals surface area (Å²) >= 11 is 6.44. The lowest BCUT2D eigenvalue weighted by Gasteiger charge is -2.29. The predicted octanol–water partition coefficient (Wildman–Crippen LogP) is 4.85. The minimum absolute atomic E-state index is 0.0940. The first kappa shape index (κ1) is 17.3. The molecular formula is C17H29ClN2. The lowest BCUT2D eigenvalue weighted by molar-refractivity contribution is 0.424. The summed E-state index contributed by atoms with van der Waals surface area (Å²) < 4.78 is 0. The average Bonchev–Trinajstić information content (AvgIpc) is 2.36. The quantitative estimate of drug-likeness (QED) is 0.773. The Bertz CT molecular complexity index is 404. The Labute approximate surface area is 129 Å². The number of hydrogen-bond acceptors (Lipinski definition) is 2. The average molecular weight is 297 g/mol. The van der Waals surface area contributed by atoms with Crippen LogP contribution in [0.15, 0.2) is 18.2 Å². The Kier molecular flexibility index (Phi) is 6.84. The molecule has 1 N–H and O–H groups in total. The van der Waals surface area contributed by atoms with E-state index in [1.165, 1.54) is 11.3 Å². The molecule has 0 unspecified atom stereocenters. The van der Waals surface area contributed by atoms with Gasteiger partial charge in [0.05, 0.1) is 0 Å². The van der Waals surface area contributed by atoms with Gasteiger partial charge in [0.2, 0.25) is 0 Å². The molecule has 2 nitrogen and oxygen atoms in total. The fourth-order valence-corrected chi connectivity index (χ4v) is 2.50. The van der Waals surface area contributed by atoms with Crippen molar-refractivity contribution in [2.75, 3.05) is 18.0 Å². The van der Waals surface area contributed by atoms with Crippen LogP contribution in [0.1, 0.15) is 53.0 Å². The van der Waals surface area contributed by atoms with Crippen molar-refractivity contribution in [2.45, 2.75) is 59.5 Å². The SMILES string of the molecule is CCCN(CCC)c1cccc(Cl)c1CNC(C)(C)C. The molecule has 114 valence electrons. The summed E-state index contributed by atoms with van der Waals surface area (Å²) in [5, 5.41) is 4.41. The first-order valence-corrected chi connectivity index (χ1v) is 8.04. The van der Waals surface area contributed by atoms with Crippen LogP contribution in [-0.2, 0) is 6.54 Å². The highest BCUT2D eigenvalue weighted by atomic mass is 35.5. The van der Waals surface area contributed by atoms with E-state index in [-0.39, 0.29) is 5.54 Å². The highest BCUT2D eigenvalue weighted by Gasteiger charge is 2.15. The molecule has 0 saturated heterocycles. The van der Waals surface area contributed by atoms with Crippen molar-refractivity contribution < 1.29 is 0 Å². The van der Waals surface area contributed by atoms with E-state index in [1.807, 2.05) is 6.07 Å². The second-order valence-electron chi connectivity index (χ2n) is 6.33. The standard InChI is InChI=1S/C17H29ClN2/c1-6-11-20(12-7-2)16-10-8-9-15(18)14(16)13-19-17(3,4)5/h8-10,19H,6-7,11-13H2,1-5H3. The fraction of sp³-hybridized carbons (Fsp3) is 0.647. The minimum Gasteiger partial charge on any atom is -0.371 e. The van der Waals surface area contributed by atoms with Crippen molar-refractivity contribution in [1.29, 1.82) is 0 Å². The zero-order valence-corrected chi connectivity index (χ0v) is 14.3. The molecule has 0 amide bonds. The van der Waals surface area contributed by atoms with Gasteiger partial charge in [0, 0.05) is 41.4 Å². The van der Waals surface area contributed by atoms with Crippen LogP contribution < -0.4 is 10.2 Å². The molecular weight excluding hydrogens is 268 g/mol. The molecule has 0 heterocycles. The van der Waals surface area contributed by atoms with Crippen LogP contribution in [0.2, 0.25) is 5.02 Å². The van der Waals surface area contributed by atoms with E-state index >= 15 is 0 Å². The van der Waals surface area contributed by atoms with Crippen molar-refractivity contribution in [1.82, 2.24) is 5.32 Å². The normalized spacial score (nSPS) is 11.7. The Morgan fingerprint density at radius 2 is 1.70 bits per heavy atom. The van der Waals surface area contributed by atoms with Gasteiger partial charge in [-0.3, -0.25) is 0 Å². The van der Waals surface area contributed by atoms with Gasteiger partial charge in [-0.25, -0.2) is 0 Å². The molecule has 0 spiro atoms. The van der Waals surface area contributed by atoms with E-state index < -0.39 is 0 Å². The molecule has 0 aliphatic carbocycles. The van der Waals surface area contributed by atoms with E-state index in [1.54, 1.807) is 0 Å². The van der Waals surface area contributed by atoms with Gasteiger partial charge in [0.15, 0.2) is 0 Å². The van der Waals surface area contributed by atoms with Crippen LogP contribution >= 0.6 is 11.6 Å². The van der Waals surface area contributed by atoms with E-state index in [4.69, 9.17) is 11.6 Å². The number of halogens is 1. The molecule has 0 atom stereocenters. The molecule has 0 aromatic heterocycles. The smallest absolute Gasteiger partial charge is 0.0471 e. The predicted molar refractivity (Wildman–Crippen MR) is 90.8 cm³/mol. The van der Waals surface area contributed by atoms with Crippen molar-refractivity contribution in [3.63, 3.8) is 0 Å². The molecule has 0 radical (unpaired) electrons. The van der Waals surface area contributed by atoms with Gasteiger partial charge in [0.1, 0.15) is 0 Å². The lowest BCUT2D eigenvalue weighted by Crippen LogP contribution is -2.36. The van der Waals surface area contributed by atoms with Crippen LogP contribution in [-0.4, -0.2) is 18.6 Å². The Morgan fingerprint density at radius 1 is 1.10 bits per heavy atom. The minimum atomic E-state index is 0.0940. The lowest BCUT2D eigenvalue weighted by atomic mass is 10.1. The maximum absolute atomic E-state index is 6.44. The zero-order valence-electron chi connectivity index (χ0n) is 13.6. The highest BCUT2D eigenvalue weighted by Crippen LogP contribution is 2.28. The number of rotatable bonds is 7. The Balaban J connectivity index is 3.01. The molecule has 20 heavy (non-hydrogen) atoms. The van der Waals surface area contributed by atoms with Gasteiger partial charge < -0.3 is 10.2 Å². The van der Waals surface area contributed by atoms with Crippen molar-refractivity contribution in [3.05, 3.63) is 28.8 Å². The second kappa shape index (κ2) is 7.90. The van der Waals surface area contributed by atoms with Gasteiger partial charge in [-0.1, -0.05) is 31.5 Å². The van der Waals surface area contributed by atoms with Crippen LogP contribution in [0.5, 0.6) is 0 Å². The fourth-order valence-electron chi connectivity index (χ4n) is 2.26. The third kappa shape index (κ3) is 5.34. The summed E-state index contributed by atoms with van der Waals surface area (Å²) in [7, 11) is 0. The van der Waals surface area contributed by atoms with E-state index in [0.717, 1.165) is 37.5 Å². The van der Waals surface area contributed by atoms with Crippen LogP contribution in [0.4, 0.5) is 5.69 Å². The van der Waals surface area contributed by atoms with Crippen LogP contribution in [0, 0.1) is 0 Å². The second-order valence-corrected chi connectivity index (χ2v) is 6.74. The van der Waals surface area contributed by atoms with Gasteiger partial charge in [-0.15, -0.1) is 0 Å². The first-order chi connectivity index (χ1) is 9.39. The van der Waals surface area contributed by atoms with Crippen LogP contribution in [0.3, 0.4) is 0 Å². The van der Waals surface area contributed by atoms with E-state index in [9.17, 15) is 0 Å². The summed E-state index contributed by atoms with van der Waals surface area (Å²) in [4.78, 5) is 2.45. The summed E-state index contributed by atoms with van der Waals surface area (Å²) in [6.45, 7) is 14.0. The first-order valence-electron chi connectivity index (χ1n) is 7.66. The molecule has 1 aromatic rings. The molecule has 3 heteroatoms. The number of nitrogens with zero attached hydrogens (tertiary/aromatic N) is 1. The number of anilines is 1. The van der Waals surface area contributed by atoms with Crippen molar-refractivity contribution >= 4 is 17.3 Å². The Hall–Kier alpha value is -0.730. The molecule has 0 aliphatic heterocycles. The maximum Gasteiger partial charge on any atom is 0.0471 e. The van der Waals surface area contributed by atoms with Gasteiger partial charge >= 0.3 is 0 Å². The van der Waals surface area contributed by atoms with Gasteiger partial charge in [-0.2, -0.15) is 0 Å². The maximum atomic E-state index is 6.44. The van der Waals surface area contributed by atoms with Gasteiger partial charge in [0.25, 0.3) is 0 Å². The molecule has 0 aliphatic rings. The monoisotopic (exact) mass is 296 g/mol. The summed E-state index contributed by atoms with van der Waals surface area (Å²) in [6, 6.07) is 6.23. The third-order valence-electron chi connectivity index (χ3n) is 3.22. The topological polar surface area (TPSA) is 15.3 Å².